The van der Waals surface area contributed by atoms with E-state index in [1.807, 2.05) is 31.2 Å². The van der Waals surface area contributed by atoms with Crippen LogP contribution >= 0.6 is 0 Å². The molecular weight excluding hydrogens is 264 g/mol. The van der Waals surface area contributed by atoms with Crippen LogP contribution in [0.2, 0.25) is 0 Å². The van der Waals surface area contributed by atoms with E-state index < -0.39 is 0 Å². The highest BCUT2D eigenvalue weighted by atomic mass is 16.2. The zero-order valence-electron chi connectivity index (χ0n) is 13.0. The van der Waals surface area contributed by atoms with Crippen LogP contribution in [0.1, 0.15) is 48.4 Å². The van der Waals surface area contributed by atoms with Crippen LogP contribution in [0.15, 0.2) is 24.3 Å². The average Bonchev–Trinajstić information content (AvgIpc) is 2.73. The minimum Gasteiger partial charge on any atom is -0.395 e. The Balaban J connectivity index is 2.20. The predicted molar refractivity (Wildman–Crippen MR) is 85.5 cm³/mol. The van der Waals surface area contributed by atoms with Crippen molar-refractivity contribution in [3.63, 3.8) is 0 Å². The SMILES string of the molecule is CCc1nn(C)c(C(=O)Nc2ccc(C(C)C)cc2)c1N. The lowest BCUT2D eigenvalue weighted by atomic mass is 10.0. The number of carbonyl (C=O) groups is 1. The molecule has 0 aliphatic carbocycles. The third-order valence-electron chi connectivity index (χ3n) is 3.55. The molecule has 0 spiro atoms. The van der Waals surface area contributed by atoms with Gasteiger partial charge in [-0.05, 0) is 30.0 Å². The van der Waals surface area contributed by atoms with Crippen molar-refractivity contribution in [2.24, 2.45) is 7.05 Å². The summed E-state index contributed by atoms with van der Waals surface area (Å²) in [4.78, 5) is 12.4. The molecule has 0 saturated carbocycles. The molecule has 2 aromatic rings. The molecule has 21 heavy (non-hydrogen) atoms. The normalized spacial score (nSPS) is 10.9. The van der Waals surface area contributed by atoms with Crippen LogP contribution in [0.25, 0.3) is 0 Å². The summed E-state index contributed by atoms with van der Waals surface area (Å²) < 4.78 is 1.53. The molecule has 2 rings (SSSR count). The molecular formula is C16H22N4O. The van der Waals surface area contributed by atoms with Crippen LogP contribution in [-0.2, 0) is 13.5 Å². The largest absolute Gasteiger partial charge is 0.395 e. The number of aromatic nitrogens is 2. The first-order chi connectivity index (χ1) is 9.93. The molecule has 1 heterocycles. The topological polar surface area (TPSA) is 72.9 Å². The smallest absolute Gasteiger partial charge is 0.276 e. The van der Waals surface area contributed by atoms with Crippen LogP contribution in [-0.4, -0.2) is 15.7 Å². The van der Waals surface area contributed by atoms with Crippen LogP contribution in [0, 0.1) is 0 Å². The Kier molecular flexibility index (Phi) is 4.31. The van der Waals surface area contributed by atoms with Crippen molar-refractivity contribution in [3.8, 4) is 0 Å². The number of rotatable bonds is 4. The van der Waals surface area contributed by atoms with Crippen LogP contribution in [0.5, 0.6) is 0 Å². The molecule has 0 radical (unpaired) electrons. The van der Waals surface area contributed by atoms with E-state index in [4.69, 9.17) is 5.73 Å². The number of benzene rings is 1. The quantitative estimate of drug-likeness (QED) is 0.907. The summed E-state index contributed by atoms with van der Waals surface area (Å²) in [5.41, 5.74) is 9.58. The van der Waals surface area contributed by atoms with Crippen molar-refractivity contribution < 1.29 is 4.79 Å². The summed E-state index contributed by atoms with van der Waals surface area (Å²) in [6.07, 6.45) is 0.704. The second kappa shape index (κ2) is 5.99. The Morgan fingerprint density at radius 1 is 1.33 bits per heavy atom. The molecule has 112 valence electrons. The Morgan fingerprint density at radius 2 is 1.95 bits per heavy atom. The van der Waals surface area contributed by atoms with E-state index in [9.17, 15) is 4.79 Å². The van der Waals surface area contributed by atoms with Gasteiger partial charge in [0.2, 0.25) is 0 Å². The number of aryl methyl sites for hydroxylation is 2. The summed E-state index contributed by atoms with van der Waals surface area (Å²) in [6, 6.07) is 7.84. The number of nitrogens with zero attached hydrogens (tertiary/aromatic N) is 2. The Labute approximate surface area is 125 Å². The monoisotopic (exact) mass is 286 g/mol. The number of carbonyl (C=O) groups excluding carboxylic acids is 1. The van der Waals surface area contributed by atoms with Crippen molar-refractivity contribution in [2.45, 2.75) is 33.1 Å². The highest BCUT2D eigenvalue weighted by Crippen LogP contribution is 2.20. The Morgan fingerprint density at radius 3 is 2.43 bits per heavy atom. The molecule has 3 N–H and O–H groups in total. The maximum absolute atomic E-state index is 12.4. The molecule has 0 saturated heterocycles. The minimum absolute atomic E-state index is 0.237. The highest BCUT2D eigenvalue weighted by molar-refractivity contribution is 6.06. The van der Waals surface area contributed by atoms with Gasteiger partial charge in [-0.3, -0.25) is 9.48 Å². The van der Waals surface area contributed by atoms with E-state index in [1.165, 1.54) is 10.2 Å². The third kappa shape index (κ3) is 3.07. The Hall–Kier alpha value is -2.30. The fourth-order valence-electron chi connectivity index (χ4n) is 2.27. The zero-order chi connectivity index (χ0) is 15.6. The highest BCUT2D eigenvalue weighted by Gasteiger charge is 2.19. The lowest BCUT2D eigenvalue weighted by Crippen LogP contribution is -2.17. The van der Waals surface area contributed by atoms with Gasteiger partial charge in [-0.15, -0.1) is 0 Å². The number of hydrogen-bond donors (Lipinski definition) is 2. The van der Waals surface area contributed by atoms with Gasteiger partial charge >= 0.3 is 0 Å². The van der Waals surface area contributed by atoms with Gasteiger partial charge in [0.25, 0.3) is 5.91 Å². The zero-order valence-corrected chi connectivity index (χ0v) is 13.0. The minimum atomic E-state index is -0.237. The molecule has 0 atom stereocenters. The predicted octanol–water partition coefficient (Wildman–Crippen LogP) is 2.94. The molecule has 0 unspecified atom stereocenters. The lowest BCUT2D eigenvalue weighted by molar-refractivity contribution is 0.101. The summed E-state index contributed by atoms with van der Waals surface area (Å²) in [7, 11) is 1.73. The van der Waals surface area contributed by atoms with Crippen LogP contribution in [0.4, 0.5) is 11.4 Å². The third-order valence-corrected chi connectivity index (χ3v) is 3.55. The Bertz CT molecular complexity index is 641. The van der Waals surface area contributed by atoms with Gasteiger partial charge in [0.15, 0.2) is 0 Å². The maximum atomic E-state index is 12.4. The van der Waals surface area contributed by atoms with E-state index in [-0.39, 0.29) is 5.91 Å². The van der Waals surface area contributed by atoms with Crippen LogP contribution in [0.3, 0.4) is 0 Å². The first-order valence-electron chi connectivity index (χ1n) is 7.16. The second-order valence-corrected chi connectivity index (χ2v) is 5.42. The van der Waals surface area contributed by atoms with Gasteiger partial charge in [0, 0.05) is 12.7 Å². The maximum Gasteiger partial charge on any atom is 0.276 e. The number of anilines is 2. The number of hydrogen-bond acceptors (Lipinski definition) is 3. The van der Waals surface area contributed by atoms with Gasteiger partial charge in [-0.1, -0.05) is 32.9 Å². The van der Waals surface area contributed by atoms with E-state index in [1.54, 1.807) is 7.05 Å². The molecule has 1 aromatic carbocycles. The van der Waals surface area contributed by atoms with Crippen molar-refractivity contribution in [2.75, 3.05) is 11.1 Å². The number of nitrogen functional groups attached to an aromatic ring is 1. The molecule has 0 aliphatic rings. The standard InChI is InChI=1S/C16H22N4O/c1-5-13-14(17)15(20(4)19-13)16(21)18-12-8-6-11(7-9-12)10(2)3/h6-10H,5,17H2,1-4H3,(H,18,21). The summed E-state index contributed by atoms with van der Waals surface area (Å²) in [5.74, 6) is 0.231. The molecule has 1 aromatic heterocycles. The molecule has 0 bridgehead atoms. The van der Waals surface area contributed by atoms with Crippen molar-refractivity contribution in [1.29, 1.82) is 0 Å². The van der Waals surface area contributed by atoms with Crippen molar-refractivity contribution in [3.05, 3.63) is 41.2 Å². The van der Waals surface area contributed by atoms with Gasteiger partial charge in [0.1, 0.15) is 5.69 Å². The van der Waals surface area contributed by atoms with E-state index in [0.717, 1.165) is 11.4 Å². The molecule has 1 amide bonds. The second-order valence-electron chi connectivity index (χ2n) is 5.42. The first-order valence-corrected chi connectivity index (χ1v) is 7.16. The van der Waals surface area contributed by atoms with Gasteiger partial charge in [0.05, 0.1) is 11.4 Å². The van der Waals surface area contributed by atoms with E-state index in [2.05, 4.69) is 24.3 Å². The summed E-state index contributed by atoms with van der Waals surface area (Å²) >= 11 is 0. The van der Waals surface area contributed by atoms with Gasteiger partial charge in [-0.2, -0.15) is 5.10 Å². The fourth-order valence-corrected chi connectivity index (χ4v) is 2.27. The summed E-state index contributed by atoms with van der Waals surface area (Å²) in [5, 5.41) is 7.12. The van der Waals surface area contributed by atoms with E-state index in [0.29, 0.717) is 23.7 Å². The van der Waals surface area contributed by atoms with Crippen molar-refractivity contribution in [1.82, 2.24) is 9.78 Å². The number of nitrogens with two attached hydrogens (primary N) is 1. The summed E-state index contributed by atoms with van der Waals surface area (Å²) in [6.45, 7) is 6.23. The molecule has 0 aliphatic heterocycles. The average molecular weight is 286 g/mol. The van der Waals surface area contributed by atoms with E-state index >= 15 is 0 Å². The molecule has 5 nitrogen and oxygen atoms in total. The molecule has 5 heteroatoms. The first kappa shape index (κ1) is 15.1. The molecule has 0 fully saturated rings. The van der Waals surface area contributed by atoms with Crippen molar-refractivity contribution >= 4 is 17.3 Å². The number of amides is 1. The lowest BCUT2D eigenvalue weighted by Gasteiger charge is -2.09. The van der Waals surface area contributed by atoms with Gasteiger partial charge in [-0.25, -0.2) is 0 Å². The number of nitrogens with one attached hydrogen (secondary N) is 1. The van der Waals surface area contributed by atoms with Gasteiger partial charge < -0.3 is 11.1 Å². The fraction of sp³-hybridized carbons (Fsp3) is 0.375. The van der Waals surface area contributed by atoms with Crippen LogP contribution < -0.4 is 11.1 Å².